The molecule has 5 aromatic rings. The van der Waals surface area contributed by atoms with Crippen LogP contribution < -0.4 is 35.5 Å². The quantitative estimate of drug-likeness (QED) is 0.232. The number of aromatic nitrogens is 3. The Morgan fingerprint density at radius 3 is 2.27 bits per heavy atom. The molecule has 1 N–H and O–H groups in total. The van der Waals surface area contributed by atoms with Gasteiger partial charge in [-0.3, -0.25) is 24.5 Å². The van der Waals surface area contributed by atoms with Crippen molar-refractivity contribution in [1.29, 1.82) is 0 Å². The third-order valence-corrected chi connectivity index (χ3v) is 7.78. The number of hydrogen-bond donors (Lipinski definition) is 1. The summed E-state index contributed by atoms with van der Waals surface area (Å²) < 4.78 is 52.2. The summed E-state index contributed by atoms with van der Waals surface area (Å²) in [6, 6.07) is 13.0. The second-order valence-corrected chi connectivity index (χ2v) is 10.9. The molecule has 0 spiro atoms. The highest BCUT2D eigenvalue weighted by Gasteiger charge is 2.23. The van der Waals surface area contributed by atoms with Crippen LogP contribution in [0.25, 0.3) is 16.6 Å². The molecule has 0 radical (unpaired) electrons. The number of halogens is 2. The van der Waals surface area contributed by atoms with E-state index < -0.39 is 41.3 Å². The molecule has 1 fully saturated rings. The number of amides is 2. The molecule has 0 bridgehead atoms. The van der Waals surface area contributed by atoms with Crippen LogP contribution in [-0.2, 0) is 11.3 Å². The van der Waals surface area contributed by atoms with Gasteiger partial charge in [-0.2, -0.15) is 0 Å². The molecule has 13 nitrogen and oxygen atoms in total. The molecule has 1 aliphatic heterocycles. The van der Waals surface area contributed by atoms with E-state index in [1.807, 2.05) is 0 Å². The molecule has 0 saturated carbocycles. The first-order valence-electron chi connectivity index (χ1n) is 15.0. The van der Waals surface area contributed by atoms with Gasteiger partial charge in [0.1, 0.15) is 18.1 Å². The van der Waals surface area contributed by atoms with E-state index in [9.17, 15) is 23.6 Å². The van der Waals surface area contributed by atoms with Gasteiger partial charge in [-0.1, -0.05) is 0 Å². The van der Waals surface area contributed by atoms with Crippen molar-refractivity contribution in [2.75, 3.05) is 32.6 Å². The van der Waals surface area contributed by atoms with E-state index in [2.05, 4.69) is 10.3 Å². The smallest absolute Gasteiger partial charge is 0.417 e. The number of carbonyl (C=O) groups is 2. The molecule has 6 rings (SSSR count). The number of benzene rings is 3. The van der Waals surface area contributed by atoms with Crippen LogP contribution in [0.3, 0.4) is 0 Å². The standard InChI is InChI=1S/C34H29F2N5O8/c1-46-28-16-23-25(17-29(28)47-2)37-12-11-26(23)48-27-10-7-21(15-24(27)36)38-33(44)49-30-18-40(19-31(42)39-13-3-4-14-39)34(45)41(32(30)43)22-8-5-20(35)6-9-22/h5-12,15-18H,3-4,13-14,19H2,1-2H3,(H,38,44). The van der Waals surface area contributed by atoms with Crippen LogP contribution >= 0.6 is 0 Å². The number of fused-ring (bicyclic) bond motifs is 1. The topological polar surface area (TPSA) is 143 Å². The van der Waals surface area contributed by atoms with E-state index in [0.717, 1.165) is 41.8 Å². The fourth-order valence-corrected chi connectivity index (χ4v) is 5.35. The summed E-state index contributed by atoms with van der Waals surface area (Å²) in [5, 5.41) is 2.86. The first-order chi connectivity index (χ1) is 23.6. The van der Waals surface area contributed by atoms with Crippen molar-refractivity contribution in [2.24, 2.45) is 0 Å². The molecule has 0 atom stereocenters. The predicted octanol–water partition coefficient (Wildman–Crippen LogP) is 4.87. The summed E-state index contributed by atoms with van der Waals surface area (Å²) in [4.78, 5) is 58.4. The van der Waals surface area contributed by atoms with Gasteiger partial charge in [0.15, 0.2) is 23.1 Å². The Hall–Kier alpha value is -6.25. The Bertz CT molecular complexity index is 2180. The highest BCUT2D eigenvalue weighted by atomic mass is 19.1. The van der Waals surface area contributed by atoms with Crippen molar-refractivity contribution in [1.82, 2.24) is 19.0 Å². The highest BCUT2D eigenvalue weighted by Crippen LogP contribution is 2.37. The van der Waals surface area contributed by atoms with E-state index in [1.54, 1.807) is 23.1 Å². The minimum absolute atomic E-state index is 0.0122. The molecule has 49 heavy (non-hydrogen) atoms. The number of nitrogens with one attached hydrogen (secondary N) is 1. The maximum Gasteiger partial charge on any atom is 0.417 e. The molecule has 1 saturated heterocycles. The van der Waals surface area contributed by atoms with Crippen molar-refractivity contribution in [3.63, 3.8) is 0 Å². The molecule has 3 heterocycles. The number of anilines is 1. The largest absolute Gasteiger partial charge is 0.493 e. The molecular weight excluding hydrogens is 644 g/mol. The first kappa shape index (κ1) is 32.7. The lowest BCUT2D eigenvalue weighted by Crippen LogP contribution is -2.42. The summed E-state index contributed by atoms with van der Waals surface area (Å²) in [5.41, 5.74) is -1.47. The summed E-state index contributed by atoms with van der Waals surface area (Å²) in [6.07, 6.45) is 2.91. The minimum Gasteiger partial charge on any atom is -0.493 e. The van der Waals surface area contributed by atoms with Crippen LogP contribution in [0.15, 0.2) is 82.6 Å². The van der Waals surface area contributed by atoms with E-state index in [0.29, 0.717) is 40.1 Å². The van der Waals surface area contributed by atoms with Gasteiger partial charge in [-0.15, -0.1) is 0 Å². The zero-order chi connectivity index (χ0) is 34.7. The Morgan fingerprint density at radius 1 is 0.857 bits per heavy atom. The average Bonchev–Trinajstić information content (AvgIpc) is 3.64. The van der Waals surface area contributed by atoms with Crippen LogP contribution in [0.2, 0.25) is 0 Å². The van der Waals surface area contributed by atoms with Gasteiger partial charge in [0.25, 0.3) is 0 Å². The Kier molecular flexibility index (Phi) is 9.24. The summed E-state index contributed by atoms with van der Waals surface area (Å²) in [6.45, 7) is 0.624. The van der Waals surface area contributed by atoms with Crippen LogP contribution in [0.4, 0.5) is 19.3 Å². The summed E-state index contributed by atoms with van der Waals surface area (Å²) >= 11 is 0. The molecule has 0 aliphatic carbocycles. The van der Waals surface area contributed by atoms with Crippen LogP contribution in [0.1, 0.15) is 12.8 Å². The van der Waals surface area contributed by atoms with Gasteiger partial charge in [0.05, 0.1) is 31.6 Å². The average molecular weight is 674 g/mol. The first-order valence-corrected chi connectivity index (χ1v) is 15.0. The number of pyridine rings is 1. The molecule has 252 valence electrons. The van der Waals surface area contributed by atoms with Gasteiger partial charge in [0.2, 0.25) is 11.7 Å². The van der Waals surface area contributed by atoms with Crippen molar-refractivity contribution in [2.45, 2.75) is 19.4 Å². The lowest BCUT2D eigenvalue weighted by molar-refractivity contribution is -0.130. The number of ether oxygens (including phenoxy) is 4. The van der Waals surface area contributed by atoms with E-state index in [1.165, 1.54) is 44.7 Å². The van der Waals surface area contributed by atoms with E-state index in [-0.39, 0.29) is 28.8 Å². The van der Waals surface area contributed by atoms with E-state index >= 15 is 4.39 Å². The predicted molar refractivity (Wildman–Crippen MR) is 173 cm³/mol. The number of rotatable bonds is 9. The maximum atomic E-state index is 15.2. The lowest BCUT2D eigenvalue weighted by atomic mass is 10.2. The normalized spacial score (nSPS) is 12.5. The summed E-state index contributed by atoms with van der Waals surface area (Å²) in [7, 11) is 2.97. The van der Waals surface area contributed by atoms with Gasteiger partial charge >= 0.3 is 17.3 Å². The lowest BCUT2D eigenvalue weighted by Gasteiger charge is -2.17. The van der Waals surface area contributed by atoms with Crippen LogP contribution in [0, 0.1) is 11.6 Å². The number of hydrogen-bond acceptors (Lipinski definition) is 9. The number of methoxy groups -OCH3 is 2. The fraction of sp³-hybridized carbons (Fsp3) is 0.206. The second-order valence-electron chi connectivity index (χ2n) is 10.9. The Labute approximate surface area is 276 Å². The van der Waals surface area contributed by atoms with Crippen molar-refractivity contribution >= 4 is 28.6 Å². The molecule has 0 unspecified atom stereocenters. The molecule has 1 aliphatic rings. The second kappa shape index (κ2) is 13.9. The van der Waals surface area contributed by atoms with Gasteiger partial charge in [-0.05, 0) is 61.4 Å². The SMILES string of the molecule is COc1cc2nccc(Oc3ccc(NC(=O)Oc4cn(CC(=O)N5CCCC5)c(=O)n(-c5ccc(F)cc5)c4=O)cc3F)c2cc1OC. The number of nitrogens with zero attached hydrogens (tertiary/aromatic N) is 4. The number of likely N-dealkylation sites (tertiary alicyclic amines) is 1. The number of carbonyl (C=O) groups excluding carboxylic acids is 2. The van der Waals surface area contributed by atoms with Gasteiger partial charge in [0, 0.05) is 42.5 Å². The highest BCUT2D eigenvalue weighted by molar-refractivity contribution is 5.89. The van der Waals surface area contributed by atoms with E-state index in [4.69, 9.17) is 18.9 Å². The summed E-state index contributed by atoms with van der Waals surface area (Å²) in [5.74, 6) is -1.42. The monoisotopic (exact) mass is 673 g/mol. The zero-order valence-electron chi connectivity index (χ0n) is 26.3. The minimum atomic E-state index is -1.19. The zero-order valence-corrected chi connectivity index (χ0v) is 26.3. The fourth-order valence-electron chi connectivity index (χ4n) is 5.35. The van der Waals surface area contributed by atoms with Crippen LogP contribution in [-0.4, -0.2) is 58.3 Å². The molecule has 15 heteroatoms. The Balaban J connectivity index is 1.24. The Morgan fingerprint density at radius 2 is 1.57 bits per heavy atom. The van der Waals surface area contributed by atoms with Crippen LogP contribution in [0.5, 0.6) is 28.7 Å². The van der Waals surface area contributed by atoms with Crippen molar-refractivity contribution in [3.05, 3.63) is 106 Å². The third kappa shape index (κ3) is 6.90. The molecular formula is C34H29F2N5O8. The van der Waals surface area contributed by atoms with Crippen molar-refractivity contribution < 1.29 is 37.3 Å². The van der Waals surface area contributed by atoms with Gasteiger partial charge in [-0.25, -0.2) is 22.9 Å². The van der Waals surface area contributed by atoms with Crippen molar-refractivity contribution in [3.8, 4) is 34.4 Å². The van der Waals surface area contributed by atoms with Gasteiger partial charge < -0.3 is 23.8 Å². The molecule has 3 aromatic carbocycles. The maximum absolute atomic E-state index is 15.2. The molecule has 2 amide bonds. The third-order valence-electron chi connectivity index (χ3n) is 7.78. The molecule has 2 aromatic heterocycles.